The van der Waals surface area contributed by atoms with Crippen LogP contribution in [0.15, 0.2) is 35.7 Å². The van der Waals surface area contributed by atoms with Gasteiger partial charge in [-0.05, 0) is 57.9 Å². The number of amides is 6. The molecule has 6 amide bonds. The first-order chi connectivity index (χ1) is 23.5. The molecule has 0 bridgehead atoms. The van der Waals surface area contributed by atoms with Gasteiger partial charge in [0, 0.05) is 24.9 Å². The number of nitrogens with one attached hydrogen (secondary N) is 5. The summed E-state index contributed by atoms with van der Waals surface area (Å²) < 4.78 is 0. The number of carbonyl (C=O) groups excluding carboxylic acids is 6. The molecule has 15 heteroatoms. The molecule has 2 saturated heterocycles. The summed E-state index contributed by atoms with van der Waals surface area (Å²) >= 11 is 1.41. The zero-order chi connectivity index (χ0) is 35.5. The van der Waals surface area contributed by atoms with Crippen molar-refractivity contribution in [1.82, 2.24) is 36.5 Å². The van der Waals surface area contributed by atoms with Gasteiger partial charge in [0.05, 0.1) is 23.2 Å². The lowest BCUT2D eigenvalue weighted by molar-refractivity contribution is -0.142. The molecule has 4 rings (SSSR count). The molecule has 1 aromatic heterocycles. The summed E-state index contributed by atoms with van der Waals surface area (Å²) in [6, 6.07) is 3.76. The van der Waals surface area contributed by atoms with Crippen LogP contribution in [0.3, 0.4) is 0 Å². The van der Waals surface area contributed by atoms with Crippen molar-refractivity contribution in [1.29, 1.82) is 0 Å². The van der Waals surface area contributed by atoms with Crippen molar-refractivity contribution in [3.05, 3.63) is 52.0 Å². The summed E-state index contributed by atoms with van der Waals surface area (Å²) in [7, 11) is 0. The van der Waals surface area contributed by atoms with Gasteiger partial charge < -0.3 is 36.6 Å². The van der Waals surface area contributed by atoms with Crippen LogP contribution in [0, 0.1) is 6.92 Å². The Bertz CT molecular complexity index is 1480. The van der Waals surface area contributed by atoms with E-state index in [1.165, 1.54) is 23.2 Å². The number of hydrogen-bond acceptors (Lipinski definition) is 9. The molecule has 0 spiro atoms. The van der Waals surface area contributed by atoms with Crippen molar-refractivity contribution >= 4 is 46.8 Å². The normalized spacial score (nSPS) is 25.4. The second-order valence-corrected chi connectivity index (χ2v) is 13.6. The number of aromatic nitrogens is 1. The zero-order valence-electron chi connectivity index (χ0n) is 28.2. The highest BCUT2D eigenvalue weighted by Gasteiger charge is 2.39. The molecular formula is C34H47N7O7S. The van der Waals surface area contributed by atoms with Gasteiger partial charge in [0.1, 0.15) is 30.2 Å². The maximum atomic E-state index is 14.0. The van der Waals surface area contributed by atoms with Crippen LogP contribution in [0.1, 0.15) is 68.6 Å². The minimum Gasteiger partial charge on any atom is -0.391 e. The average Bonchev–Trinajstić information content (AvgIpc) is 3.73. The molecule has 0 unspecified atom stereocenters. The minimum atomic E-state index is -1.46. The van der Waals surface area contributed by atoms with E-state index < -0.39 is 65.8 Å². The quantitative estimate of drug-likeness (QED) is 0.237. The fourth-order valence-corrected chi connectivity index (χ4v) is 6.68. The highest BCUT2D eigenvalue weighted by atomic mass is 32.1. The first kappa shape index (κ1) is 37.4. The first-order valence-electron chi connectivity index (χ1n) is 16.9. The predicted octanol–water partition coefficient (Wildman–Crippen LogP) is 0.258. The maximum Gasteiger partial charge on any atom is 0.246 e. The van der Waals surface area contributed by atoms with Crippen molar-refractivity contribution in [3.8, 4) is 0 Å². The van der Waals surface area contributed by atoms with Gasteiger partial charge in [-0.3, -0.25) is 28.8 Å². The number of nitrogens with zero attached hydrogens (tertiary/aromatic N) is 2. The topological polar surface area (TPSA) is 199 Å². The summed E-state index contributed by atoms with van der Waals surface area (Å²) in [5, 5.41) is 26.8. The SMILES string of the molecule is CC[C@@H]1NC(=O)[C@@H](NC(=O)Cc2csc(C)n2)CCCCNC(=O)[C@@H]2CCCN2C(=O)[C@@H](Cc2ccccc2)NC(=O)[C@H]([C@@H](C)O)NC1=O. The molecule has 0 saturated carbocycles. The predicted molar refractivity (Wildman–Crippen MR) is 182 cm³/mol. The number of benzene rings is 1. The molecule has 2 aromatic rings. The van der Waals surface area contributed by atoms with E-state index in [1.54, 1.807) is 12.3 Å². The molecule has 0 aliphatic carbocycles. The third kappa shape index (κ3) is 10.6. The number of thiazole rings is 1. The smallest absolute Gasteiger partial charge is 0.246 e. The van der Waals surface area contributed by atoms with Crippen LogP contribution in [0.2, 0.25) is 0 Å². The van der Waals surface area contributed by atoms with E-state index in [1.807, 2.05) is 37.3 Å². The number of carbonyl (C=O) groups is 6. The third-order valence-electron chi connectivity index (χ3n) is 8.72. The average molecular weight is 698 g/mol. The van der Waals surface area contributed by atoms with E-state index in [-0.39, 0.29) is 38.1 Å². The number of hydrogen-bond donors (Lipinski definition) is 6. The molecule has 6 N–H and O–H groups in total. The van der Waals surface area contributed by atoms with Crippen LogP contribution in [0.5, 0.6) is 0 Å². The molecule has 14 nitrogen and oxygen atoms in total. The van der Waals surface area contributed by atoms with Crippen LogP contribution in [0.4, 0.5) is 0 Å². The van der Waals surface area contributed by atoms with Crippen LogP contribution in [-0.4, -0.2) is 99.8 Å². The summed E-state index contributed by atoms with van der Waals surface area (Å²) in [5.74, 6) is -3.24. The standard InChI is InChI=1S/C34H47N7O7S/c1-4-24-30(44)40-29(20(2)42)33(47)39-26(17-22-11-6-5-7-12-22)34(48)41-16-10-14-27(41)32(46)35-15-9-8-13-25(31(45)38-24)37-28(43)18-23-19-49-21(3)36-23/h5-7,11-12,19-20,24-27,29,42H,4,8-10,13-18H2,1-3H3,(H,35,46)(H,37,43)(H,38,45)(H,39,47)(H,40,44)/t20-,24+,25+,26-,27+,29+/m1/s1. The Hall–Kier alpha value is -4.37. The van der Waals surface area contributed by atoms with Gasteiger partial charge in [-0.15, -0.1) is 11.3 Å². The number of aliphatic hydroxyl groups excluding tert-OH is 1. The van der Waals surface area contributed by atoms with Gasteiger partial charge in [0.15, 0.2) is 0 Å². The summed E-state index contributed by atoms with van der Waals surface area (Å²) in [5.41, 5.74) is 1.35. The second kappa shape index (κ2) is 17.9. The Labute approximate surface area is 290 Å². The Kier molecular flexibility index (Phi) is 13.6. The van der Waals surface area contributed by atoms with Crippen LogP contribution < -0.4 is 26.6 Å². The van der Waals surface area contributed by atoms with Crippen molar-refractivity contribution in [2.24, 2.45) is 0 Å². The van der Waals surface area contributed by atoms with E-state index in [4.69, 9.17) is 0 Å². The molecule has 0 radical (unpaired) electrons. The lowest BCUT2D eigenvalue weighted by Crippen LogP contribution is -2.61. The summed E-state index contributed by atoms with van der Waals surface area (Å²) in [4.78, 5) is 86.6. The van der Waals surface area contributed by atoms with Gasteiger partial charge >= 0.3 is 0 Å². The van der Waals surface area contributed by atoms with Crippen molar-refractivity contribution in [2.45, 2.75) is 108 Å². The van der Waals surface area contributed by atoms with E-state index in [2.05, 4.69) is 31.6 Å². The van der Waals surface area contributed by atoms with Gasteiger partial charge in [0.25, 0.3) is 0 Å². The highest BCUT2D eigenvalue weighted by Crippen LogP contribution is 2.20. The third-order valence-corrected chi connectivity index (χ3v) is 9.54. The summed E-state index contributed by atoms with van der Waals surface area (Å²) in [6.45, 7) is 5.47. The van der Waals surface area contributed by atoms with E-state index in [0.717, 1.165) is 10.6 Å². The largest absolute Gasteiger partial charge is 0.391 e. The van der Waals surface area contributed by atoms with Gasteiger partial charge in [0.2, 0.25) is 35.4 Å². The minimum absolute atomic E-state index is 0.0189. The van der Waals surface area contributed by atoms with Gasteiger partial charge in [-0.25, -0.2) is 4.98 Å². The Morgan fingerprint density at radius 2 is 1.71 bits per heavy atom. The number of aryl methyl sites for hydroxylation is 1. The molecule has 266 valence electrons. The lowest BCUT2D eigenvalue weighted by atomic mass is 10.0. The molecule has 1 aromatic carbocycles. The maximum absolute atomic E-state index is 14.0. The monoisotopic (exact) mass is 697 g/mol. The molecule has 2 aliphatic heterocycles. The Morgan fingerprint density at radius 3 is 2.39 bits per heavy atom. The van der Waals surface area contributed by atoms with Crippen LogP contribution in [0.25, 0.3) is 0 Å². The summed E-state index contributed by atoms with van der Waals surface area (Å²) in [6.07, 6.45) is 1.17. The zero-order valence-corrected chi connectivity index (χ0v) is 29.0. The fourth-order valence-electron chi connectivity index (χ4n) is 6.07. The molecule has 49 heavy (non-hydrogen) atoms. The molecule has 3 heterocycles. The molecule has 2 aliphatic rings. The lowest BCUT2D eigenvalue weighted by Gasteiger charge is -2.30. The number of fused-ring (bicyclic) bond motifs is 1. The second-order valence-electron chi connectivity index (χ2n) is 12.6. The van der Waals surface area contributed by atoms with E-state index >= 15 is 0 Å². The van der Waals surface area contributed by atoms with Crippen LogP contribution >= 0.6 is 11.3 Å². The van der Waals surface area contributed by atoms with E-state index in [9.17, 15) is 33.9 Å². The van der Waals surface area contributed by atoms with Crippen molar-refractivity contribution in [2.75, 3.05) is 13.1 Å². The Morgan fingerprint density at radius 1 is 0.980 bits per heavy atom. The van der Waals surface area contributed by atoms with Crippen molar-refractivity contribution < 1.29 is 33.9 Å². The molecule has 6 atom stereocenters. The molecular weight excluding hydrogens is 650 g/mol. The molecule has 2 fully saturated rings. The van der Waals surface area contributed by atoms with Crippen molar-refractivity contribution in [3.63, 3.8) is 0 Å². The number of rotatable bonds is 7. The Balaban J connectivity index is 1.58. The van der Waals surface area contributed by atoms with Crippen LogP contribution in [-0.2, 0) is 41.6 Å². The highest BCUT2D eigenvalue weighted by molar-refractivity contribution is 7.09. The van der Waals surface area contributed by atoms with Gasteiger partial charge in [-0.1, -0.05) is 37.3 Å². The number of aliphatic hydroxyl groups is 1. The fraction of sp³-hybridized carbons (Fsp3) is 0.559. The van der Waals surface area contributed by atoms with E-state index in [0.29, 0.717) is 37.9 Å². The first-order valence-corrected chi connectivity index (χ1v) is 17.8. The van der Waals surface area contributed by atoms with Gasteiger partial charge in [-0.2, -0.15) is 0 Å².